The van der Waals surface area contributed by atoms with Crippen molar-refractivity contribution in [2.45, 2.75) is 32.7 Å². The zero-order chi connectivity index (χ0) is 14.9. The fraction of sp³-hybridized carbons (Fsp3) is 0.500. The second kappa shape index (κ2) is 5.75. The number of carbonyl (C=O) groups is 1. The van der Waals surface area contributed by atoms with Gasteiger partial charge >= 0.3 is 5.97 Å². The summed E-state index contributed by atoms with van der Waals surface area (Å²) in [5.41, 5.74) is 9.15. The van der Waals surface area contributed by atoms with Crippen LogP contribution in [0.5, 0.6) is 0 Å². The van der Waals surface area contributed by atoms with Crippen LogP contribution >= 0.6 is 12.2 Å². The highest BCUT2D eigenvalue weighted by molar-refractivity contribution is 7.80. The minimum atomic E-state index is -0.269. The maximum Gasteiger partial charge on any atom is 0.328 e. The molecule has 0 spiro atoms. The molecule has 2 rings (SSSR count). The molecule has 0 amide bonds. The number of thiocarbonyl (C=S) groups is 1. The van der Waals surface area contributed by atoms with Gasteiger partial charge in [-0.05, 0) is 32.8 Å². The molecule has 1 aromatic heterocycles. The number of nitrogens with two attached hydrogens (primary N) is 1. The number of aryl methyl sites for hydroxylation is 2. The van der Waals surface area contributed by atoms with Gasteiger partial charge < -0.3 is 15.4 Å². The van der Waals surface area contributed by atoms with Crippen LogP contribution in [-0.2, 0) is 9.53 Å². The van der Waals surface area contributed by atoms with E-state index in [9.17, 15) is 4.79 Å². The van der Waals surface area contributed by atoms with Crippen molar-refractivity contribution in [1.82, 2.24) is 4.98 Å². The Labute approximate surface area is 124 Å². The number of nitrogens with zero attached hydrogens (tertiary/aromatic N) is 2. The number of hydrogen-bond donors (Lipinski definition) is 1. The lowest BCUT2D eigenvalue weighted by Crippen LogP contribution is -2.38. The Bertz CT molecular complexity index is 560. The van der Waals surface area contributed by atoms with Crippen molar-refractivity contribution in [1.29, 1.82) is 0 Å². The van der Waals surface area contributed by atoms with E-state index in [1.165, 1.54) is 7.11 Å². The third kappa shape index (κ3) is 2.60. The molecule has 0 aliphatic carbocycles. The van der Waals surface area contributed by atoms with Gasteiger partial charge in [-0.15, -0.1) is 0 Å². The number of aromatic nitrogens is 1. The Kier molecular flexibility index (Phi) is 4.23. The molecule has 1 fully saturated rings. The first-order valence-corrected chi connectivity index (χ1v) is 6.99. The third-order valence-corrected chi connectivity index (χ3v) is 3.79. The van der Waals surface area contributed by atoms with Crippen molar-refractivity contribution in [3.63, 3.8) is 0 Å². The van der Waals surface area contributed by atoms with Crippen LogP contribution in [0.25, 0.3) is 0 Å². The quantitative estimate of drug-likeness (QED) is 0.672. The molecule has 1 aromatic rings. The number of esters is 1. The van der Waals surface area contributed by atoms with E-state index in [4.69, 9.17) is 22.7 Å². The van der Waals surface area contributed by atoms with Gasteiger partial charge in [0.05, 0.1) is 18.4 Å². The zero-order valence-electron chi connectivity index (χ0n) is 12.0. The van der Waals surface area contributed by atoms with Crippen LogP contribution in [0.15, 0.2) is 6.07 Å². The lowest BCUT2D eigenvalue weighted by molar-refractivity contribution is -0.141. The van der Waals surface area contributed by atoms with Crippen LogP contribution < -0.4 is 10.6 Å². The minimum Gasteiger partial charge on any atom is -0.467 e. The molecule has 1 unspecified atom stereocenters. The van der Waals surface area contributed by atoms with Crippen molar-refractivity contribution in [3.05, 3.63) is 23.0 Å². The molecule has 1 aliphatic heterocycles. The van der Waals surface area contributed by atoms with E-state index in [-0.39, 0.29) is 12.0 Å². The van der Waals surface area contributed by atoms with Gasteiger partial charge in [-0.3, -0.25) is 4.98 Å². The maximum atomic E-state index is 11.9. The Morgan fingerprint density at radius 3 is 2.85 bits per heavy atom. The number of hydrogen-bond acceptors (Lipinski definition) is 5. The molecule has 1 atom stereocenters. The normalized spacial score (nSPS) is 18.1. The molecular formula is C14H19N3O2S. The third-order valence-electron chi connectivity index (χ3n) is 3.59. The lowest BCUT2D eigenvalue weighted by atomic mass is 10.1. The molecule has 2 heterocycles. The first kappa shape index (κ1) is 14.7. The van der Waals surface area contributed by atoms with Crippen molar-refractivity contribution < 1.29 is 9.53 Å². The first-order valence-electron chi connectivity index (χ1n) is 6.58. The lowest BCUT2D eigenvalue weighted by Gasteiger charge is -2.27. The van der Waals surface area contributed by atoms with Gasteiger partial charge in [-0.2, -0.15) is 0 Å². The topological polar surface area (TPSA) is 68.5 Å². The molecule has 0 aromatic carbocycles. The summed E-state index contributed by atoms with van der Waals surface area (Å²) in [6.45, 7) is 4.59. The standard InChI is InChI=1S/C14H19N3O2S/c1-8-7-11(12(13(15)20)9(2)16-8)17-6-4-5-10(17)14(18)19-3/h7,10H,4-6H2,1-3H3,(H2,15,20). The largest absolute Gasteiger partial charge is 0.467 e. The fourth-order valence-electron chi connectivity index (χ4n) is 2.78. The van der Waals surface area contributed by atoms with Gasteiger partial charge in [-0.1, -0.05) is 12.2 Å². The Morgan fingerprint density at radius 2 is 2.25 bits per heavy atom. The molecule has 0 radical (unpaired) electrons. The zero-order valence-corrected chi connectivity index (χ0v) is 12.8. The van der Waals surface area contributed by atoms with Gasteiger partial charge in [0.25, 0.3) is 0 Å². The Morgan fingerprint density at radius 1 is 1.55 bits per heavy atom. The first-order chi connectivity index (χ1) is 9.45. The number of carbonyl (C=O) groups excluding carboxylic acids is 1. The van der Waals surface area contributed by atoms with Crippen molar-refractivity contribution >= 4 is 28.9 Å². The van der Waals surface area contributed by atoms with E-state index >= 15 is 0 Å². The van der Waals surface area contributed by atoms with Crippen molar-refractivity contribution in [3.8, 4) is 0 Å². The number of methoxy groups -OCH3 is 1. The Balaban J connectivity index is 2.51. The Hall–Kier alpha value is -1.69. The fourth-order valence-corrected chi connectivity index (χ4v) is 3.03. The van der Waals surface area contributed by atoms with Gasteiger partial charge in [0.15, 0.2) is 0 Å². The number of ether oxygens (including phenoxy) is 1. The van der Waals surface area contributed by atoms with Gasteiger partial charge in [0.2, 0.25) is 0 Å². The van der Waals surface area contributed by atoms with E-state index in [0.717, 1.165) is 42.0 Å². The highest BCUT2D eigenvalue weighted by Crippen LogP contribution is 2.31. The number of pyridine rings is 1. The van der Waals surface area contributed by atoms with Crippen LogP contribution in [-0.4, -0.2) is 35.6 Å². The average molecular weight is 293 g/mol. The van der Waals surface area contributed by atoms with E-state index in [0.29, 0.717) is 4.99 Å². The molecule has 0 saturated carbocycles. The molecule has 1 saturated heterocycles. The number of rotatable bonds is 3. The van der Waals surface area contributed by atoms with Gasteiger partial charge in [-0.25, -0.2) is 4.79 Å². The second-order valence-electron chi connectivity index (χ2n) is 4.98. The van der Waals surface area contributed by atoms with Crippen LogP contribution in [0.4, 0.5) is 5.69 Å². The van der Waals surface area contributed by atoms with Crippen LogP contribution in [0.2, 0.25) is 0 Å². The highest BCUT2D eigenvalue weighted by atomic mass is 32.1. The minimum absolute atomic E-state index is 0.219. The summed E-state index contributed by atoms with van der Waals surface area (Å²) in [5.74, 6) is -0.219. The van der Waals surface area contributed by atoms with E-state index < -0.39 is 0 Å². The summed E-state index contributed by atoms with van der Waals surface area (Å²) >= 11 is 5.14. The highest BCUT2D eigenvalue weighted by Gasteiger charge is 2.33. The average Bonchev–Trinajstić information content (AvgIpc) is 2.85. The molecule has 108 valence electrons. The monoisotopic (exact) mass is 293 g/mol. The molecule has 20 heavy (non-hydrogen) atoms. The molecule has 2 N–H and O–H groups in total. The van der Waals surface area contributed by atoms with Gasteiger partial charge in [0, 0.05) is 17.9 Å². The summed E-state index contributed by atoms with van der Waals surface area (Å²) in [6.07, 6.45) is 1.72. The molecule has 0 bridgehead atoms. The van der Waals surface area contributed by atoms with Crippen molar-refractivity contribution in [2.24, 2.45) is 5.73 Å². The summed E-state index contributed by atoms with van der Waals surface area (Å²) < 4.78 is 4.89. The van der Waals surface area contributed by atoms with E-state index in [1.807, 2.05) is 24.8 Å². The van der Waals surface area contributed by atoms with E-state index in [2.05, 4.69) is 4.98 Å². The summed E-state index contributed by atoms with van der Waals surface area (Å²) in [4.78, 5) is 18.6. The molecule has 6 heteroatoms. The van der Waals surface area contributed by atoms with Crippen LogP contribution in [0, 0.1) is 13.8 Å². The molecular weight excluding hydrogens is 274 g/mol. The summed E-state index contributed by atoms with van der Waals surface area (Å²) in [6, 6.07) is 1.66. The van der Waals surface area contributed by atoms with E-state index in [1.54, 1.807) is 0 Å². The second-order valence-corrected chi connectivity index (χ2v) is 5.42. The predicted octanol–water partition coefficient (Wildman–Crippen LogP) is 1.47. The summed E-state index contributed by atoms with van der Waals surface area (Å²) in [7, 11) is 1.41. The summed E-state index contributed by atoms with van der Waals surface area (Å²) in [5, 5.41) is 0. The van der Waals surface area contributed by atoms with Gasteiger partial charge in [0.1, 0.15) is 11.0 Å². The SMILES string of the molecule is COC(=O)C1CCCN1c1cc(C)nc(C)c1C(N)=S. The predicted molar refractivity (Wildman–Crippen MR) is 82.0 cm³/mol. The number of anilines is 1. The molecule has 1 aliphatic rings. The molecule has 5 nitrogen and oxygen atoms in total. The van der Waals surface area contributed by atoms with Crippen LogP contribution in [0.3, 0.4) is 0 Å². The van der Waals surface area contributed by atoms with Crippen LogP contribution in [0.1, 0.15) is 29.8 Å². The maximum absolute atomic E-state index is 11.9. The van der Waals surface area contributed by atoms with Crippen molar-refractivity contribution in [2.75, 3.05) is 18.6 Å². The smallest absolute Gasteiger partial charge is 0.328 e.